The van der Waals surface area contributed by atoms with E-state index >= 15 is 0 Å². The van der Waals surface area contributed by atoms with Crippen molar-refractivity contribution in [1.82, 2.24) is 10.6 Å². The van der Waals surface area contributed by atoms with Crippen molar-refractivity contribution in [2.24, 2.45) is 0 Å². The Morgan fingerprint density at radius 3 is 3.05 bits per heavy atom. The van der Waals surface area contributed by atoms with E-state index in [0.29, 0.717) is 19.6 Å². The van der Waals surface area contributed by atoms with Gasteiger partial charge in [-0.25, -0.2) is 0 Å². The van der Waals surface area contributed by atoms with E-state index in [1.54, 1.807) is 0 Å². The van der Waals surface area contributed by atoms with Crippen molar-refractivity contribution in [1.29, 1.82) is 0 Å². The Kier molecular flexibility index (Phi) is 8.24. The monoisotopic (exact) mass is 328 g/mol. The summed E-state index contributed by atoms with van der Waals surface area (Å²) < 4.78 is 11.0. The van der Waals surface area contributed by atoms with Gasteiger partial charge in [-0.3, -0.25) is 4.79 Å². The SMILES string of the molecule is Cc1cccc(OCC(C)NC(=O)CC2COCCN2)c1.Cl. The standard InChI is InChI=1S/C16H24N2O3.ClH/c1-12-4-3-5-15(8-12)21-10-13(2)18-16(19)9-14-11-20-7-6-17-14;/h3-5,8,13-14,17H,6-7,9-11H2,1-2H3,(H,18,19);1H. The molecule has 2 N–H and O–H groups in total. The highest BCUT2D eigenvalue weighted by Gasteiger charge is 2.18. The normalized spacial score (nSPS) is 18.9. The van der Waals surface area contributed by atoms with Crippen LogP contribution in [-0.2, 0) is 9.53 Å². The molecule has 1 heterocycles. The Hall–Kier alpha value is -1.30. The predicted octanol–water partition coefficient (Wildman–Crippen LogP) is 1.68. The summed E-state index contributed by atoms with van der Waals surface area (Å²) in [5.41, 5.74) is 1.16. The lowest BCUT2D eigenvalue weighted by molar-refractivity contribution is -0.123. The zero-order chi connectivity index (χ0) is 15.1. The highest BCUT2D eigenvalue weighted by Crippen LogP contribution is 2.12. The summed E-state index contributed by atoms with van der Waals surface area (Å²) in [4.78, 5) is 11.9. The molecular formula is C16H25ClN2O3. The highest BCUT2D eigenvalue weighted by atomic mass is 35.5. The van der Waals surface area contributed by atoms with E-state index in [4.69, 9.17) is 9.47 Å². The number of hydrogen-bond donors (Lipinski definition) is 2. The third-order valence-corrected chi connectivity index (χ3v) is 3.33. The molecule has 1 fully saturated rings. The van der Waals surface area contributed by atoms with Gasteiger partial charge in [0.1, 0.15) is 12.4 Å². The molecule has 5 nitrogen and oxygen atoms in total. The number of benzene rings is 1. The van der Waals surface area contributed by atoms with Crippen LogP contribution in [0, 0.1) is 6.92 Å². The maximum atomic E-state index is 11.9. The van der Waals surface area contributed by atoms with Crippen molar-refractivity contribution in [2.45, 2.75) is 32.4 Å². The molecule has 124 valence electrons. The molecule has 0 bridgehead atoms. The average Bonchev–Trinajstić information content (AvgIpc) is 2.46. The Balaban J connectivity index is 0.00000242. The summed E-state index contributed by atoms with van der Waals surface area (Å²) in [5, 5.41) is 6.22. The number of halogens is 1. The van der Waals surface area contributed by atoms with E-state index < -0.39 is 0 Å². The molecule has 1 aromatic carbocycles. The number of ether oxygens (including phenoxy) is 2. The summed E-state index contributed by atoms with van der Waals surface area (Å²) in [6, 6.07) is 7.98. The highest BCUT2D eigenvalue weighted by molar-refractivity contribution is 5.85. The molecule has 0 aromatic heterocycles. The van der Waals surface area contributed by atoms with Gasteiger partial charge in [0.15, 0.2) is 0 Å². The summed E-state index contributed by atoms with van der Waals surface area (Å²) in [7, 11) is 0. The van der Waals surface area contributed by atoms with Gasteiger partial charge in [0, 0.05) is 19.0 Å². The van der Waals surface area contributed by atoms with E-state index in [-0.39, 0.29) is 30.4 Å². The third kappa shape index (κ3) is 6.64. The minimum atomic E-state index is -0.0254. The Labute approximate surface area is 138 Å². The summed E-state index contributed by atoms with van der Waals surface area (Å²) in [6.07, 6.45) is 0.439. The zero-order valence-electron chi connectivity index (χ0n) is 13.1. The van der Waals surface area contributed by atoms with Crippen LogP contribution >= 0.6 is 12.4 Å². The summed E-state index contributed by atoms with van der Waals surface area (Å²) in [5.74, 6) is 0.858. The van der Waals surface area contributed by atoms with E-state index in [9.17, 15) is 4.79 Å². The molecule has 0 aliphatic carbocycles. The molecule has 22 heavy (non-hydrogen) atoms. The number of aryl methyl sites for hydroxylation is 1. The zero-order valence-corrected chi connectivity index (χ0v) is 13.9. The second kappa shape index (κ2) is 9.66. The van der Waals surface area contributed by atoms with Gasteiger partial charge in [-0.05, 0) is 31.5 Å². The van der Waals surface area contributed by atoms with E-state index in [0.717, 1.165) is 24.5 Å². The van der Waals surface area contributed by atoms with E-state index in [2.05, 4.69) is 10.6 Å². The molecular weight excluding hydrogens is 304 g/mol. The second-order valence-electron chi connectivity index (χ2n) is 5.53. The third-order valence-electron chi connectivity index (χ3n) is 3.33. The van der Waals surface area contributed by atoms with Gasteiger partial charge in [0.25, 0.3) is 0 Å². The van der Waals surface area contributed by atoms with Crippen molar-refractivity contribution < 1.29 is 14.3 Å². The summed E-state index contributed by atoms with van der Waals surface area (Å²) in [6.45, 7) is 6.56. The number of nitrogens with one attached hydrogen (secondary N) is 2. The molecule has 6 heteroatoms. The molecule has 1 aliphatic heterocycles. The molecule has 1 amide bonds. The van der Waals surface area contributed by atoms with Crippen molar-refractivity contribution in [3.8, 4) is 5.75 Å². The smallest absolute Gasteiger partial charge is 0.221 e. The maximum absolute atomic E-state index is 11.9. The molecule has 1 aromatic rings. The van der Waals surface area contributed by atoms with Crippen molar-refractivity contribution >= 4 is 18.3 Å². The number of amides is 1. The fourth-order valence-corrected chi connectivity index (χ4v) is 2.28. The lowest BCUT2D eigenvalue weighted by atomic mass is 10.2. The minimum absolute atomic E-state index is 0. The molecule has 1 aliphatic rings. The average molecular weight is 329 g/mol. The first-order valence-electron chi connectivity index (χ1n) is 7.43. The molecule has 2 rings (SSSR count). The summed E-state index contributed by atoms with van der Waals surface area (Å²) >= 11 is 0. The molecule has 0 spiro atoms. The fraction of sp³-hybridized carbons (Fsp3) is 0.562. The number of carbonyl (C=O) groups excluding carboxylic acids is 1. The molecule has 2 atom stereocenters. The van der Waals surface area contributed by atoms with Gasteiger partial charge < -0.3 is 20.1 Å². The quantitative estimate of drug-likeness (QED) is 0.834. The van der Waals surface area contributed by atoms with Gasteiger partial charge in [-0.2, -0.15) is 0 Å². The second-order valence-corrected chi connectivity index (χ2v) is 5.53. The van der Waals surface area contributed by atoms with Gasteiger partial charge in [-0.15, -0.1) is 12.4 Å². The van der Waals surface area contributed by atoms with Crippen LogP contribution < -0.4 is 15.4 Å². The van der Waals surface area contributed by atoms with Crippen molar-refractivity contribution in [3.05, 3.63) is 29.8 Å². The van der Waals surface area contributed by atoms with Crippen LogP contribution in [0.25, 0.3) is 0 Å². The van der Waals surface area contributed by atoms with Crippen LogP contribution in [-0.4, -0.2) is 44.4 Å². The molecule has 0 radical (unpaired) electrons. The number of morpholine rings is 1. The van der Waals surface area contributed by atoms with Crippen molar-refractivity contribution in [3.63, 3.8) is 0 Å². The first-order valence-corrected chi connectivity index (χ1v) is 7.43. The van der Waals surface area contributed by atoms with Crippen LogP contribution in [0.2, 0.25) is 0 Å². The number of rotatable bonds is 6. The Bertz CT molecular complexity index is 464. The van der Waals surface area contributed by atoms with Crippen LogP contribution in [0.4, 0.5) is 0 Å². The predicted molar refractivity (Wildman–Crippen MR) is 88.8 cm³/mol. The first kappa shape index (κ1) is 18.7. The first-order chi connectivity index (χ1) is 10.1. The Morgan fingerprint density at radius 2 is 2.36 bits per heavy atom. The van der Waals surface area contributed by atoms with Crippen LogP contribution in [0.1, 0.15) is 18.9 Å². The molecule has 0 saturated carbocycles. The van der Waals surface area contributed by atoms with Gasteiger partial charge in [0.2, 0.25) is 5.91 Å². The number of carbonyl (C=O) groups is 1. The van der Waals surface area contributed by atoms with Gasteiger partial charge in [-0.1, -0.05) is 12.1 Å². The van der Waals surface area contributed by atoms with Gasteiger partial charge >= 0.3 is 0 Å². The maximum Gasteiger partial charge on any atom is 0.221 e. The number of hydrogen-bond acceptors (Lipinski definition) is 4. The van der Waals surface area contributed by atoms with Crippen LogP contribution in [0.3, 0.4) is 0 Å². The molecule has 2 unspecified atom stereocenters. The lowest BCUT2D eigenvalue weighted by Gasteiger charge is -2.24. The molecule has 1 saturated heterocycles. The van der Waals surface area contributed by atoms with Crippen LogP contribution in [0.15, 0.2) is 24.3 Å². The Morgan fingerprint density at radius 1 is 1.55 bits per heavy atom. The van der Waals surface area contributed by atoms with E-state index in [1.807, 2.05) is 38.1 Å². The minimum Gasteiger partial charge on any atom is -0.491 e. The fourth-order valence-electron chi connectivity index (χ4n) is 2.28. The largest absolute Gasteiger partial charge is 0.491 e. The topological polar surface area (TPSA) is 59.6 Å². The van der Waals surface area contributed by atoms with Crippen molar-refractivity contribution in [2.75, 3.05) is 26.4 Å². The van der Waals surface area contributed by atoms with Gasteiger partial charge in [0.05, 0.1) is 19.3 Å². The van der Waals surface area contributed by atoms with E-state index in [1.165, 1.54) is 0 Å². The van der Waals surface area contributed by atoms with Crippen LogP contribution in [0.5, 0.6) is 5.75 Å². The lowest BCUT2D eigenvalue weighted by Crippen LogP contribution is -2.46.